The minimum Gasteiger partial charge on any atom is -0.376 e. The van der Waals surface area contributed by atoms with Crippen LogP contribution in [-0.2, 0) is 14.2 Å². The number of hydrogen-bond donors (Lipinski definition) is 2. The summed E-state index contributed by atoms with van der Waals surface area (Å²) in [6.45, 7) is 5.58. The van der Waals surface area contributed by atoms with Crippen LogP contribution in [0.2, 0.25) is 0 Å². The number of ether oxygens (including phenoxy) is 3. The lowest BCUT2D eigenvalue weighted by molar-refractivity contribution is -0.0833. The second kappa shape index (κ2) is 6.74. The summed E-state index contributed by atoms with van der Waals surface area (Å²) in [7, 11) is 0. The number of fused-ring (bicyclic) bond motifs is 2. The summed E-state index contributed by atoms with van der Waals surface area (Å²) in [5.74, 6) is 0.864. The Hall–Kier alpha value is -0.850. The van der Waals surface area contributed by atoms with Crippen LogP contribution in [0.4, 0.5) is 0 Å². The molecule has 20 heavy (non-hydrogen) atoms. The second-order valence-corrected chi connectivity index (χ2v) is 5.65. The van der Waals surface area contributed by atoms with Crippen LogP contribution in [0.3, 0.4) is 0 Å². The standard InChI is InChI=1S/C14H25N3O3/c1-2-15-14(16-8-11-9-18-5-6-19-11)17-12-7-10-3-4-13(12)20-10/h10-13H,2-9H2,1H3,(H2,15,16,17). The van der Waals surface area contributed by atoms with Gasteiger partial charge in [-0.2, -0.15) is 0 Å². The van der Waals surface area contributed by atoms with E-state index in [1.54, 1.807) is 0 Å². The van der Waals surface area contributed by atoms with Gasteiger partial charge < -0.3 is 24.8 Å². The minimum absolute atomic E-state index is 0.0792. The molecule has 3 aliphatic heterocycles. The first-order valence-electron chi connectivity index (χ1n) is 7.75. The van der Waals surface area contributed by atoms with E-state index < -0.39 is 0 Å². The highest BCUT2D eigenvalue weighted by Gasteiger charge is 2.41. The zero-order valence-corrected chi connectivity index (χ0v) is 12.1. The normalized spacial score (nSPS) is 37.1. The Morgan fingerprint density at radius 1 is 1.30 bits per heavy atom. The van der Waals surface area contributed by atoms with E-state index in [-0.39, 0.29) is 6.10 Å². The highest BCUT2D eigenvalue weighted by molar-refractivity contribution is 5.80. The van der Waals surface area contributed by atoms with Gasteiger partial charge in [0.1, 0.15) is 6.10 Å². The molecule has 3 rings (SSSR count). The van der Waals surface area contributed by atoms with Crippen LogP contribution in [0.25, 0.3) is 0 Å². The van der Waals surface area contributed by atoms with E-state index in [0.717, 1.165) is 18.9 Å². The van der Waals surface area contributed by atoms with Crippen LogP contribution in [0, 0.1) is 0 Å². The van der Waals surface area contributed by atoms with Crippen LogP contribution >= 0.6 is 0 Å². The third-order valence-electron chi connectivity index (χ3n) is 4.11. The molecule has 114 valence electrons. The van der Waals surface area contributed by atoms with Crippen LogP contribution in [-0.4, -0.2) is 63.2 Å². The molecule has 3 heterocycles. The fraction of sp³-hybridized carbons (Fsp3) is 0.929. The van der Waals surface area contributed by atoms with Crippen molar-refractivity contribution in [3.05, 3.63) is 0 Å². The van der Waals surface area contributed by atoms with Gasteiger partial charge in [0.2, 0.25) is 0 Å². The summed E-state index contributed by atoms with van der Waals surface area (Å²) in [6, 6.07) is 0.398. The number of nitrogens with one attached hydrogen (secondary N) is 2. The maximum Gasteiger partial charge on any atom is 0.191 e. The number of nitrogens with zero attached hydrogens (tertiary/aromatic N) is 1. The van der Waals surface area contributed by atoms with Gasteiger partial charge in [0.15, 0.2) is 5.96 Å². The van der Waals surface area contributed by atoms with Crippen molar-refractivity contribution < 1.29 is 14.2 Å². The van der Waals surface area contributed by atoms with E-state index in [1.165, 1.54) is 12.8 Å². The lowest BCUT2D eigenvalue weighted by atomic mass is 9.96. The smallest absolute Gasteiger partial charge is 0.191 e. The summed E-state index contributed by atoms with van der Waals surface area (Å²) < 4.78 is 16.9. The molecule has 6 nitrogen and oxygen atoms in total. The Balaban J connectivity index is 1.51. The Morgan fingerprint density at radius 3 is 2.90 bits per heavy atom. The van der Waals surface area contributed by atoms with E-state index in [9.17, 15) is 0 Å². The lowest BCUT2D eigenvalue weighted by Gasteiger charge is -2.24. The van der Waals surface area contributed by atoms with Crippen molar-refractivity contribution in [2.24, 2.45) is 4.99 Å². The largest absolute Gasteiger partial charge is 0.376 e. The summed E-state index contributed by atoms with van der Waals surface area (Å²) in [6.07, 6.45) is 4.37. The molecular formula is C14H25N3O3. The number of aliphatic imine (C=N–C) groups is 1. The van der Waals surface area contributed by atoms with E-state index in [2.05, 4.69) is 22.5 Å². The third-order valence-corrected chi connectivity index (χ3v) is 4.11. The van der Waals surface area contributed by atoms with Crippen molar-refractivity contribution >= 4 is 5.96 Å². The molecule has 2 N–H and O–H groups in total. The monoisotopic (exact) mass is 283 g/mol. The van der Waals surface area contributed by atoms with Crippen molar-refractivity contribution in [1.29, 1.82) is 0 Å². The topological polar surface area (TPSA) is 64.1 Å². The van der Waals surface area contributed by atoms with Crippen molar-refractivity contribution in [2.45, 2.75) is 50.5 Å². The average molecular weight is 283 g/mol. The summed E-state index contributed by atoms with van der Waals surface area (Å²) in [5.41, 5.74) is 0. The molecule has 0 saturated carbocycles. The molecule has 3 fully saturated rings. The Bertz CT molecular complexity index is 345. The molecule has 3 aliphatic rings. The molecule has 0 radical (unpaired) electrons. The van der Waals surface area contributed by atoms with Gasteiger partial charge in [-0.1, -0.05) is 0 Å². The molecule has 4 unspecified atom stereocenters. The third kappa shape index (κ3) is 3.42. The molecule has 0 spiro atoms. The predicted octanol–water partition coefficient (Wildman–Crippen LogP) is 0.277. The molecule has 6 heteroatoms. The quantitative estimate of drug-likeness (QED) is 0.573. The van der Waals surface area contributed by atoms with E-state index in [0.29, 0.717) is 44.6 Å². The predicted molar refractivity (Wildman–Crippen MR) is 76.0 cm³/mol. The highest BCUT2D eigenvalue weighted by Crippen LogP contribution is 2.34. The zero-order chi connectivity index (χ0) is 13.8. The maximum absolute atomic E-state index is 5.87. The average Bonchev–Trinajstić information content (AvgIpc) is 3.09. The molecule has 4 atom stereocenters. The van der Waals surface area contributed by atoms with Gasteiger partial charge in [-0.15, -0.1) is 0 Å². The SMILES string of the molecule is CCNC(=NCC1COCCO1)NC1CC2CCC1O2. The Morgan fingerprint density at radius 2 is 2.25 bits per heavy atom. The molecule has 3 saturated heterocycles. The molecule has 0 aromatic heterocycles. The van der Waals surface area contributed by atoms with E-state index >= 15 is 0 Å². The van der Waals surface area contributed by atoms with Gasteiger partial charge in [-0.3, -0.25) is 4.99 Å². The van der Waals surface area contributed by atoms with Crippen molar-refractivity contribution in [3.63, 3.8) is 0 Å². The van der Waals surface area contributed by atoms with Gasteiger partial charge in [-0.05, 0) is 26.2 Å². The number of rotatable bonds is 4. The van der Waals surface area contributed by atoms with Crippen molar-refractivity contribution in [3.8, 4) is 0 Å². The highest BCUT2D eigenvalue weighted by atomic mass is 16.6. The van der Waals surface area contributed by atoms with Crippen molar-refractivity contribution in [1.82, 2.24) is 10.6 Å². The molecule has 0 aromatic carbocycles. The fourth-order valence-corrected chi connectivity index (χ4v) is 3.12. The molecule has 0 amide bonds. The molecule has 2 bridgehead atoms. The first-order valence-corrected chi connectivity index (χ1v) is 7.75. The molecule has 0 aliphatic carbocycles. The van der Waals surface area contributed by atoms with Gasteiger partial charge in [-0.25, -0.2) is 0 Å². The van der Waals surface area contributed by atoms with Gasteiger partial charge >= 0.3 is 0 Å². The molecular weight excluding hydrogens is 258 g/mol. The summed E-state index contributed by atoms with van der Waals surface area (Å²) >= 11 is 0. The maximum atomic E-state index is 5.87. The summed E-state index contributed by atoms with van der Waals surface area (Å²) in [4.78, 5) is 4.62. The Labute approximate surface area is 120 Å². The second-order valence-electron chi connectivity index (χ2n) is 5.65. The van der Waals surface area contributed by atoms with Gasteiger partial charge in [0.05, 0.1) is 44.6 Å². The minimum atomic E-state index is 0.0792. The van der Waals surface area contributed by atoms with Crippen LogP contribution < -0.4 is 10.6 Å². The lowest BCUT2D eigenvalue weighted by Crippen LogP contribution is -2.48. The zero-order valence-electron chi connectivity index (χ0n) is 12.1. The first-order chi connectivity index (χ1) is 9.85. The van der Waals surface area contributed by atoms with E-state index in [4.69, 9.17) is 14.2 Å². The van der Waals surface area contributed by atoms with Crippen LogP contribution in [0.5, 0.6) is 0 Å². The fourth-order valence-electron chi connectivity index (χ4n) is 3.12. The van der Waals surface area contributed by atoms with Gasteiger partial charge in [0, 0.05) is 6.54 Å². The summed E-state index contributed by atoms with van der Waals surface area (Å²) in [5, 5.41) is 6.80. The number of guanidine groups is 1. The number of hydrogen-bond acceptors (Lipinski definition) is 4. The van der Waals surface area contributed by atoms with E-state index in [1.807, 2.05) is 0 Å². The van der Waals surface area contributed by atoms with Crippen LogP contribution in [0.15, 0.2) is 4.99 Å². The van der Waals surface area contributed by atoms with Crippen molar-refractivity contribution in [2.75, 3.05) is 32.9 Å². The van der Waals surface area contributed by atoms with Gasteiger partial charge in [0.25, 0.3) is 0 Å². The Kier molecular flexibility index (Phi) is 4.75. The first kappa shape index (κ1) is 14.1. The molecule has 0 aromatic rings. The van der Waals surface area contributed by atoms with Crippen LogP contribution in [0.1, 0.15) is 26.2 Å².